The van der Waals surface area contributed by atoms with Gasteiger partial charge in [-0.1, -0.05) is 31.9 Å². The van der Waals surface area contributed by atoms with Gasteiger partial charge in [-0.3, -0.25) is 9.89 Å². The Morgan fingerprint density at radius 2 is 2.17 bits per heavy atom. The van der Waals surface area contributed by atoms with Crippen molar-refractivity contribution in [3.05, 3.63) is 48.2 Å². The Morgan fingerprint density at radius 3 is 2.88 bits per heavy atom. The van der Waals surface area contributed by atoms with Crippen LogP contribution in [-0.2, 0) is 0 Å². The van der Waals surface area contributed by atoms with E-state index in [2.05, 4.69) is 29.3 Å². The first-order valence-corrected chi connectivity index (χ1v) is 8.40. The third-order valence-corrected chi connectivity index (χ3v) is 4.37. The van der Waals surface area contributed by atoms with Crippen LogP contribution in [0.3, 0.4) is 0 Å². The first-order valence-electron chi connectivity index (χ1n) is 8.40. The van der Waals surface area contributed by atoms with Crippen LogP contribution < -0.4 is 4.74 Å². The standard InChI is InChI=1S/C19H23N3O2/c1-3-4-6-15-7-5-12-22(15)19(23)18-13-17(20-21-18)14-8-10-16(24-2)11-9-14/h5,7-11,13,15H,3-4,6,12H2,1-2H3,(H,20,21)/t15-/m1/s1. The number of nitrogens with one attached hydrogen (secondary N) is 1. The minimum absolute atomic E-state index is 0.00775. The zero-order valence-electron chi connectivity index (χ0n) is 14.2. The molecule has 1 atom stereocenters. The summed E-state index contributed by atoms with van der Waals surface area (Å²) >= 11 is 0. The van der Waals surface area contributed by atoms with Gasteiger partial charge in [-0.05, 0) is 36.8 Å². The quantitative estimate of drug-likeness (QED) is 0.825. The number of unbranched alkanes of at least 4 members (excludes halogenated alkanes) is 1. The fourth-order valence-corrected chi connectivity index (χ4v) is 2.97. The van der Waals surface area contributed by atoms with Crippen molar-refractivity contribution in [1.29, 1.82) is 0 Å². The van der Waals surface area contributed by atoms with Crippen LogP contribution in [-0.4, -0.2) is 40.7 Å². The molecular formula is C19H23N3O2. The second-order valence-electron chi connectivity index (χ2n) is 5.99. The zero-order valence-corrected chi connectivity index (χ0v) is 14.2. The van der Waals surface area contributed by atoms with Gasteiger partial charge >= 0.3 is 0 Å². The van der Waals surface area contributed by atoms with Crippen molar-refractivity contribution in [3.8, 4) is 17.0 Å². The summed E-state index contributed by atoms with van der Waals surface area (Å²) < 4.78 is 5.16. The summed E-state index contributed by atoms with van der Waals surface area (Å²) in [6.07, 6.45) is 7.47. The molecule has 0 unspecified atom stereocenters. The van der Waals surface area contributed by atoms with Crippen LogP contribution in [0.5, 0.6) is 5.75 Å². The second-order valence-corrected chi connectivity index (χ2v) is 5.99. The molecule has 2 aromatic rings. The van der Waals surface area contributed by atoms with Crippen molar-refractivity contribution in [2.24, 2.45) is 0 Å². The first-order chi connectivity index (χ1) is 11.7. The highest BCUT2D eigenvalue weighted by Gasteiger charge is 2.26. The van der Waals surface area contributed by atoms with Gasteiger partial charge in [0.05, 0.1) is 18.8 Å². The van der Waals surface area contributed by atoms with E-state index in [1.165, 1.54) is 0 Å². The van der Waals surface area contributed by atoms with Gasteiger partial charge in [-0.2, -0.15) is 5.10 Å². The minimum Gasteiger partial charge on any atom is -0.497 e. The predicted octanol–water partition coefficient (Wildman–Crippen LogP) is 3.66. The summed E-state index contributed by atoms with van der Waals surface area (Å²) in [7, 11) is 1.64. The van der Waals surface area contributed by atoms with Gasteiger partial charge in [0.1, 0.15) is 11.4 Å². The van der Waals surface area contributed by atoms with E-state index in [1.807, 2.05) is 35.2 Å². The monoisotopic (exact) mass is 325 g/mol. The number of rotatable bonds is 6. The maximum absolute atomic E-state index is 12.8. The Kier molecular flexibility index (Phi) is 4.99. The number of ether oxygens (including phenoxy) is 1. The van der Waals surface area contributed by atoms with Crippen LogP contribution in [0.1, 0.15) is 36.7 Å². The molecule has 1 aliphatic rings. The Hall–Kier alpha value is -2.56. The molecule has 0 saturated heterocycles. The van der Waals surface area contributed by atoms with Crippen LogP contribution in [0.15, 0.2) is 42.5 Å². The van der Waals surface area contributed by atoms with Gasteiger partial charge in [0.15, 0.2) is 0 Å². The number of methoxy groups -OCH3 is 1. The molecule has 0 saturated carbocycles. The molecule has 24 heavy (non-hydrogen) atoms. The molecule has 1 aromatic heterocycles. The van der Waals surface area contributed by atoms with Crippen molar-refractivity contribution >= 4 is 5.91 Å². The normalized spacial score (nSPS) is 16.6. The van der Waals surface area contributed by atoms with Crippen LogP contribution in [0, 0.1) is 0 Å². The summed E-state index contributed by atoms with van der Waals surface area (Å²) in [5, 5.41) is 7.17. The van der Waals surface area contributed by atoms with Crippen LogP contribution in [0.4, 0.5) is 0 Å². The van der Waals surface area contributed by atoms with Gasteiger partial charge in [0, 0.05) is 12.1 Å². The molecule has 0 aliphatic carbocycles. The number of benzene rings is 1. The molecule has 1 aromatic carbocycles. The van der Waals surface area contributed by atoms with E-state index in [0.717, 1.165) is 36.3 Å². The summed E-state index contributed by atoms with van der Waals surface area (Å²) in [5.41, 5.74) is 2.25. The van der Waals surface area contributed by atoms with E-state index in [4.69, 9.17) is 4.74 Å². The smallest absolute Gasteiger partial charge is 0.272 e. The molecule has 1 amide bonds. The number of amides is 1. The van der Waals surface area contributed by atoms with Crippen molar-refractivity contribution < 1.29 is 9.53 Å². The topological polar surface area (TPSA) is 58.2 Å². The number of carbonyl (C=O) groups is 1. The summed E-state index contributed by atoms with van der Waals surface area (Å²) in [5.74, 6) is 0.806. The average Bonchev–Trinajstić information content (AvgIpc) is 3.29. The lowest BCUT2D eigenvalue weighted by Crippen LogP contribution is -2.36. The molecule has 2 heterocycles. The van der Waals surface area contributed by atoms with E-state index in [9.17, 15) is 4.79 Å². The van der Waals surface area contributed by atoms with Crippen molar-refractivity contribution in [1.82, 2.24) is 15.1 Å². The SMILES string of the molecule is CCCC[C@@H]1C=CCN1C(=O)c1cc(-c2ccc(OC)cc2)n[nH]1. The highest BCUT2D eigenvalue weighted by atomic mass is 16.5. The second kappa shape index (κ2) is 7.34. The molecule has 0 fully saturated rings. The number of hydrogen-bond acceptors (Lipinski definition) is 3. The number of aromatic nitrogens is 2. The average molecular weight is 325 g/mol. The molecule has 1 N–H and O–H groups in total. The third-order valence-electron chi connectivity index (χ3n) is 4.37. The number of nitrogens with zero attached hydrogens (tertiary/aromatic N) is 2. The number of H-pyrrole nitrogens is 1. The van der Waals surface area contributed by atoms with E-state index in [0.29, 0.717) is 12.2 Å². The van der Waals surface area contributed by atoms with Crippen LogP contribution >= 0.6 is 0 Å². The van der Waals surface area contributed by atoms with Gasteiger partial charge in [-0.25, -0.2) is 0 Å². The highest BCUT2D eigenvalue weighted by molar-refractivity contribution is 5.94. The largest absolute Gasteiger partial charge is 0.497 e. The van der Waals surface area contributed by atoms with Crippen LogP contribution in [0.2, 0.25) is 0 Å². The van der Waals surface area contributed by atoms with Crippen molar-refractivity contribution in [3.63, 3.8) is 0 Å². The molecule has 0 bridgehead atoms. The summed E-state index contributed by atoms with van der Waals surface area (Å²) in [4.78, 5) is 14.7. The number of aromatic amines is 1. The highest BCUT2D eigenvalue weighted by Crippen LogP contribution is 2.23. The van der Waals surface area contributed by atoms with Gasteiger partial charge in [-0.15, -0.1) is 0 Å². The van der Waals surface area contributed by atoms with Gasteiger partial charge < -0.3 is 9.64 Å². The van der Waals surface area contributed by atoms with Crippen molar-refractivity contribution in [2.45, 2.75) is 32.2 Å². The lowest BCUT2D eigenvalue weighted by molar-refractivity contribution is 0.0737. The Labute approximate surface area is 142 Å². The Morgan fingerprint density at radius 1 is 1.38 bits per heavy atom. The maximum Gasteiger partial charge on any atom is 0.272 e. The molecule has 0 spiro atoms. The van der Waals surface area contributed by atoms with Gasteiger partial charge in [0.25, 0.3) is 5.91 Å². The lowest BCUT2D eigenvalue weighted by Gasteiger charge is -2.23. The zero-order chi connectivity index (χ0) is 16.9. The van der Waals surface area contributed by atoms with E-state index in [-0.39, 0.29) is 11.9 Å². The number of hydrogen-bond donors (Lipinski definition) is 1. The molecule has 0 radical (unpaired) electrons. The van der Waals surface area contributed by atoms with E-state index < -0.39 is 0 Å². The molecule has 1 aliphatic heterocycles. The van der Waals surface area contributed by atoms with E-state index in [1.54, 1.807) is 7.11 Å². The molecule has 5 heteroatoms. The summed E-state index contributed by atoms with van der Waals surface area (Å²) in [6, 6.07) is 9.66. The summed E-state index contributed by atoms with van der Waals surface area (Å²) in [6.45, 7) is 2.84. The molecular weight excluding hydrogens is 302 g/mol. The fourth-order valence-electron chi connectivity index (χ4n) is 2.97. The predicted molar refractivity (Wildman–Crippen MR) is 94.1 cm³/mol. The minimum atomic E-state index is 0.00775. The van der Waals surface area contributed by atoms with Gasteiger partial charge in [0.2, 0.25) is 0 Å². The van der Waals surface area contributed by atoms with E-state index >= 15 is 0 Å². The maximum atomic E-state index is 12.8. The fraction of sp³-hybridized carbons (Fsp3) is 0.368. The Balaban J connectivity index is 1.73. The molecule has 5 nitrogen and oxygen atoms in total. The first kappa shape index (κ1) is 16.3. The number of carbonyl (C=O) groups excluding carboxylic acids is 1. The van der Waals surface area contributed by atoms with Crippen molar-refractivity contribution in [2.75, 3.05) is 13.7 Å². The Bertz CT molecular complexity index is 718. The van der Waals surface area contributed by atoms with Crippen LogP contribution in [0.25, 0.3) is 11.3 Å². The molecule has 126 valence electrons. The third kappa shape index (κ3) is 3.35. The molecule has 3 rings (SSSR count). The lowest BCUT2D eigenvalue weighted by atomic mass is 10.1.